The number of benzene rings is 2. The van der Waals surface area contributed by atoms with Gasteiger partial charge >= 0.3 is 0 Å². The molecule has 3 aromatic rings. The predicted octanol–water partition coefficient (Wildman–Crippen LogP) is 5.02. The van der Waals surface area contributed by atoms with Gasteiger partial charge in [-0.15, -0.1) is 11.3 Å². The van der Waals surface area contributed by atoms with E-state index in [0.29, 0.717) is 22.6 Å². The van der Waals surface area contributed by atoms with Gasteiger partial charge in [-0.3, -0.25) is 9.59 Å². The van der Waals surface area contributed by atoms with Gasteiger partial charge in [-0.2, -0.15) is 0 Å². The summed E-state index contributed by atoms with van der Waals surface area (Å²) in [6.45, 7) is 0.292. The second-order valence-electron chi connectivity index (χ2n) is 7.79. The van der Waals surface area contributed by atoms with Crippen molar-refractivity contribution >= 4 is 56.1 Å². The van der Waals surface area contributed by atoms with E-state index >= 15 is 0 Å². The molecule has 5 nitrogen and oxygen atoms in total. The van der Waals surface area contributed by atoms with Gasteiger partial charge in [0.05, 0.1) is 4.88 Å². The molecule has 7 heteroatoms. The lowest BCUT2D eigenvalue weighted by Gasteiger charge is -2.24. The molecular formula is C24H25N3O2S2. The van der Waals surface area contributed by atoms with E-state index in [0.717, 1.165) is 21.3 Å². The maximum Gasteiger partial charge on any atom is 0.293 e. The number of anilines is 1. The maximum absolute atomic E-state index is 12.4. The van der Waals surface area contributed by atoms with Crippen molar-refractivity contribution in [3.8, 4) is 0 Å². The topological polar surface area (TPSA) is 70.2 Å². The van der Waals surface area contributed by atoms with Crippen molar-refractivity contribution in [1.82, 2.24) is 10.6 Å². The van der Waals surface area contributed by atoms with Crippen LogP contribution < -0.4 is 16.0 Å². The van der Waals surface area contributed by atoms with E-state index in [2.05, 4.69) is 16.0 Å². The molecule has 0 spiro atoms. The summed E-state index contributed by atoms with van der Waals surface area (Å²) >= 11 is 6.76. The Kier molecular flexibility index (Phi) is 6.94. The van der Waals surface area contributed by atoms with Gasteiger partial charge in [0, 0.05) is 23.0 Å². The SMILES string of the molecule is O=C(NCc1ccc(NC(=S)NC2CCCCC2)cc1)C(=O)c1cc2ccccc2s1. The Morgan fingerprint density at radius 3 is 2.48 bits per heavy atom. The van der Waals surface area contributed by atoms with Crippen molar-refractivity contribution in [1.29, 1.82) is 0 Å². The molecule has 1 heterocycles. The summed E-state index contributed by atoms with van der Waals surface area (Å²) in [6, 6.07) is 17.6. The second kappa shape index (κ2) is 10.0. The van der Waals surface area contributed by atoms with Crippen molar-refractivity contribution in [2.24, 2.45) is 0 Å². The van der Waals surface area contributed by atoms with Crippen LogP contribution in [0.4, 0.5) is 5.69 Å². The van der Waals surface area contributed by atoms with E-state index in [-0.39, 0.29) is 0 Å². The van der Waals surface area contributed by atoms with Crippen LogP contribution in [-0.4, -0.2) is 22.8 Å². The lowest BCUT2D eigenvalue weighted by molar-refractivity contribution is -0.117. The number of thiophene rings is 1. The highest BCUT2D eigenvalue weighted by molar-refractivity contribution is 7.80. The molecule has 1 amide bonds. The van der Waals surface area contributed by atoms with Crippen molar-refractivity contribution in [3.05, 3.63) is 65.0 Å². The number of fused-ring (bicyclic) bond motifs is 1. The minimum absolute atomic E-state index is 0.292. The van der Waals surface area contributed by atoms with E-state index in [9.17, 15) is 9.59 Å². The quantitative estimate of drug-likeness (QED) is 0.279. The van der Waals surface area contributed by atoms with Gasteiger partial charge < -0.3 is 16.0 Å². The molecule has 0 aliphatic heterocycles. The molecule has 1 fully saturated rings. The standard InChI is InChI=1S/C24H25N3O2S2/c28-22(21-14-17-6-4-5-9-20(17)31-21)23(29)25-15-16-10-12-19(13-11-16)27-24(30)26-18-7-2-1-3-8-18/h4-6,9-14,18H,1-3,7-8,15H2,(H,25,29)(H2,26,27,30). The number of nitrogens with one attached hydrogen (secondary N) is 3. The molecular weight excluding hydrogens is 426 g/mol. The molecule has 160 valence electrons. The first-order valence-corrected chi connectivity index (χ1v) is 11.8. The van der Waals surface area contributed by atoms with E-state index < -0.39 is 11.7 Å². The highest BCUT2D eigenvalue weighted by atomic mass is 32.1. The number of ketones is 1. The number of Topliss-reactive ketones (excluding diaryl/α,β-unsaturated/α-hetero) is 1. The predicted molar refractivity (Wildman–Crippen MR) is 131 cm³/mol. The average molecular weight is 452 g/mol. The third-order valence-corrected chi connectivity index (χ3v) is 6.80. The van der Waals surface area contributed by atoms with Gasteiger partial charge in [-0.05, 0) is 60.3 Å². The van der Waals surface area contributed by atoms with Crippen LogP contribution in [0.2, 0.25) is 0 Å². The molecule has 31 heavy (non-hydrogen) atoms. The molecule has 2 aromatic carbocycles. The molecule has 0 unspecified atom stereocenters. The third kappa shape index (κ3) is 5.68. The Hall–Kier alpha value is -2.77. The van der Waals surface area contributed by atoms with Crippen LogP contribution in [0.3, 0.4) is 0 Å². The summed E-state index contributed by atoms with van der Waals surface area (Å²) in [5.74, 6) is -1.09. The fraction of sp³-hybridized carbons (Fsp3) is 0.292. The fourth-order valence-electron chi connectivity index (χ4n) is 3.77. The summed E-state index contributed by atoms with van der Waals surface area (Å²) in [5.41, 5.74) is 1.80. The van der Waals surface area contributed by atoms with Crippen LogP contribution in [0.1, 0.15) is 47.3 Å². The molecule has 0 radical (unpaired) electrons. The molecule has 1 aromatic heterocycles. The van der Waals surface area contributed by atoms with Crippen LogP contribution in [0.25, 0.3) is 10.1 Å². The summed E-state index contributed by atoms with van der Waals surface area (Å²) in [5, 5.41) is 10.9. The molecule has 1 aliphatic carbocycles. The van der Waals surface area contributed by atoms with E-state index in [1.54, 1.807) is 6.07 Å². The van der Waals surface area contributed by atoms with Crippen LogP contribution in [0, 0.1) is 0 Å². The first-order chi connectivity index (χ1) is 15.1. The van der Waals surface area contributed by atoms with Crippen LogP contribution in [-0.2, 0) is 11.3 Å². The van der Waals surface area contributed by atoms with Gasteiger partial charge in [0.25, 0.3) is 11.7 Å². The maximum atomic E-state index is 12.4. The van der Waals surface area contributed by atoms with Gasteiger partial charge in [-0.25, -0.2) is 0 Å². The first-order valence-electron chi connectivity index (χ1n) is 10.6. The number of carbonyl (C=O) groups is 2. The molecule has 1 aliphatic rings. The number of hydrogen-bond acceptors (Lipinski definition) is 4. The molecule has 1 saturated carbocycles. The van der Waals surface area contributed by atoms with Gasteiger partial charge in [0.15, 0.2) is 5.11 Å². The largest absolute Gasteiger partial charge is 0.360 e. The average Bonchev–Trinajstić information content (AvgIpc) is 3.23. The summed E-state index contributed by atoms with van der Waals surface area (Å²) < 4.78 is 0.998. The van der Waals surface area contributed by atoms with E-state index in [1.807, 2.05) is 48.5 Å². The summed E-state index contributed by atoms with van der Waals surface area (Å²) in [4.78, 5) is 25.2. The number of rotatable bonds is 6. The normalized spacial score (nSPS) is 14.2. The first kappa shape index (κ1) is 21.5. The Balaban J connectivity index is 1.27. The van der Waals surface area contributed by atoms with Crippen LogP contribution >= 0.6 is 23.6 Å². The molecule has 0 bridgehead atoms. The molecule has 0 atom stereocenters. The van der Waals surface area contributed by atoms with Gasteiger partial charge in [-0.1, -0.05) is 49.6 Å². The molecule has 4 rings (SSSR count). The fourth-order valence-corrected chi connectivity index (χ4v) is 5.06. The van der Waals surface area contributed by atoms with Crippen molar-refractivity contribution < 1.29 is 9.59 Å². The zero-order chi connectivity index (χ0) is 21.6. The molecule has 0 saturated heterocycles. The van der Waals surface area contributed by atoms with Crippen molar-refractivity contribution in [2.45, 2.75) is 44.7 Å². The Morgan fingerprint density at radius 1 is 1.00 bits per heavy atom. The Morgan fingerprint density at radius 2 is 1.74 bits per heavy atom. The zero-order valence-electron chi connectivity index (χ0n) is 17.1. The number of amides is 1. The summed E-state index contributed by atoms with van der Waals surface area (Å²) in [7, 11) is 0. The number of thiocarbonyl (C=S) groups is 1. The number of carbonyl (C=O) groups excluding carboxylic acids is 2. The lowest BCUT2D eigenvalue weighted by Crippen LogP contribution is -2.38. The third-order valence-electron chi connectivity index (χ3n) is 5.46. The second-order valence-corrected chi connectivity index (χ2v) is 9.28. The molecule has 3 N–H and O–H groups in total. The van der Waals surface area contributed by atoms with Gasteiger partial charge in [0.1, 0.15) is 0 Å². The minimum atomic E-state index is -0.591. The van der Waals surface area contributed by atoms with Crippen molar-refractivity contribution in [2.75, 3.05) is 5.32 Å². The van der Waals surface area contributed by atoms with E-state index in [4.69, 9.17) is 12.2 Å². The lowest BCUT2D eigenvalue weighted by atomic mass is 9.96. The number of hydrogen-bond donors (Lipinski definition) is 3. The van der Waals surface area contributed by atoms with E-state index in [1.165, 1.54) is 43.4 Å². The highest BCUT2D eigenvalue weighted by Gasteiger charge is 2.18. The van der Waals surface area contributed by atoms with Crippen molar-refractivity contribution in [3.63, 3.8) is 0 Å². The zero-order valence-corrected chi connectivity index (χ0v) is 18.8. The van der Waals surface area contributed by atoms with Crippen LogP contribution in [0.15, 0.2) is 54.6 Å². The highest BCUT2D eigenvalue weighted by Crippen LogP contribution is 2.25. The van der Waals surface area contributed by atoms with Gasteiger partial charge in [0.2, 0.25) is 0 Å². The Bertz CT molecular complexity index is 1050. The van der Waals surface area contributed by atoms with Crippen LogP contribution in [0.5, 0.6) is 0 Å². The summed E-state index contributed by atoms with van der Waals surface area (Å²) in [6.07, 6.45) is 6.16. The monoisotopic (exact) mass is 451 g/mol. The minimum Gasteiger partial charge on any atom is -0.360 e. The Labute approximate surface area is 191 Å². The smallest absolute Gasteiger partial charge is 0.293 e.